The number of ether oxygens (including phenoxy) is 1. The summed E-state index contributed by atoms with van der Waals surface area (Å²) >= 11 is 12.5. The Kier molecular flexibility index (Phi) is 6.68. The Labute approximate surface area is 204 Å². The smallest absolute Gasteiger partial charge is 0.254 e. The van der Waals surface area contributed by atoms with Crippen LogP contribution in [0, 0.1) is 0 Å². The summed E-state index contributed by atoms with van der Waals surface area (Å²) < 4.78 is 8.12. The lowest BCUT2D eigenvalue weighted by Crippen LogP contribution is -2.43. The highest BCUT2D eigenvalue weighted by atomic mass is 35.5. The summed E-state index contributed by atoms with van der Waals surface area (Å²) in [5.41, 5.74) is 2.41. The van der Waals surface area contributed by atoms with Gasteiger partial charge in [0.05, 0.1) is 40.6 Å². The highest BCUT2D eigenvalue weighted by Gasteiger charge is 2.39. The topological polar surface area (TPSA) is 59.4 Å². The lowest BCUT2D eigenvalue weighted by Gasteiger charge is -2.34. The number of carbonyl (C=O) groups is 1. The van der Waals surface area contributed by atoms with Gasteiger partial charge in [0.15, 0.2) is 0 Å². The van der Waals surface area contributed by atoms with Crippen LogP contribution in [-0.4, -0.2) is 45.9 Å². The van der Waals surface area contributed by atoms with Crippen LogP contribution in [0.25, 0.3) is 0 Å². The summed E-state index contributed by atoms with van der Waals surface area (Å²) in [6, 6.07) is 7.17. The van der Waals surface area contributed by atoms with Crippen molar-refractivity contribution in [3.63, 3.8) is 0 Å². The Bertz CT molecular complexity index is 1060. The number of allylic oxidation sites excluding steroid dienone is 1. The number of nitrogens with one attached hydrogen (secondary N) is 1. The number of halogens is 2. The molecule has 0 bridgehead atoms. The van der Waals surface area contributed by atoms with Crippen molar-refractivity contribution in [2.24, 2.45) is 0 Å². The predicted octanol–water partition coefficient (Wildman–Crippen LogP) is 5.82. The highest BCUT2D eigenvalue weighted by molar-refractivity contribution is 6.42. The summed E-state index contributed by atoms with van der Waals surface area (Å²) in [6.45, 7) is 3.31. The second kappa shape index (κ2) is 9.69. The monoisotopic (exact) mass is 488 g/mol. The van der Waals surface area contributed by atoms with Crippen molar-refractivity contribution in [1.29, 1.82) is 0 Å². The number of nitrogens with zero attached hydrogens (tertiary/aromatic N) is 3. The Morgan fingerprint density at radius 2 is 1.94 bits per heavy atom. The van der Waals surface area contributed by atoms with Gasteiger partial charge >= 0.3 is 0 Å². The number of hydrogen-bond donors (Lipinski definition) is 1. The molecule has 0 radical (unpaired) electrons. The van der Waals surface area contributed by atoms with E-state index in [0.717, 1.165) is 49.3 Å². The third-order valence-electron chi connectivity index (χ3n) is 7.11. The van der Waals surface area contributed by atoms with E-state index in [2.05, 4.69) is 10.4 Å². The summed E-state index contributed by atoms with van der Waals surface area (Å²) in [5.74, 6) is 0.880. The molecule has 1 N–H and O–H groups in total. The van der Waals surface area contributed by atoms with Crippen molar-refractivity contribution in [1.82, 2.24) is 14.7 Å². The maximum Gasteiger partial charge on any atom is 0.254 e. The highest BCUT2D eigenvalue weighted by Crippen LogP contribution is 2.39. The van der Waals surface area contributed by atoms with Crippen LogP contribution >= 0.6 is 23.2 Å². The van der Waals surface area contributed by atoms with Gasteiger partial charge in [-0.2, -0.15) is 5.10 Å². The number of hydrogen-bond acceptors (Lipinski definition) is 4. The quantitative estimate of drug-likeness (QED) is 0.575. The fourth-order valence-electron chi connectivity index (χ4n) is 5.38. The lowest BCUT2D eigenvalue weighted by atomic mass is 9.94. The zero-order chi connectivity index (χ0) is 22.9. The van der Waals surface area contributed by atoms with E-state index in [-0.39, 0.29) is 18.0 Å². The van der Waals surface area contributed by atoms with E-state index in [4.69, 9.17) is 27.9 Å². The van der Waals surface area contributed by atoms with Crippen LogP contribution in [0.3, 0.4) is 0 Å². The zero-order valence-electron chi connectivity index (χ0n) is 18.9. The number of rotatable bonds is 5. The molecule has 2 aromatic rings. The number of anilines is 1. The summed E-state index contributed by atoms with van der Waals surface area (Å²) in [7, 11) is 0. The summed E-state index contributed by atoms with van der Waals surface area (Å²) in [5, 5.41) is 8.84. The van der Waals surface area contributed by atoms with Crippen molar-refractivity contribution in [2.45, 2.75) is 70.1 Å². The van der Waals surface area contributed by atoms with Gasteiger partial charge < -0.3 is 15.0 Å². The van der Waals surface area contributed by atoms with Crippen LogP contribution in [0.15, 0.2) is 41.7 Å². The number of benzene rings is 1. The third kappa shape index (κ3) is 4.53. The van der Waals surface area contributed by atoms with E-state index < -0.39 is 0 Å². The Morgan fingerprint density at radius 1 is 1.12 bits per heavy atom. The first-order valence-corrected chi connectivity index (χ1v) is 12.7. The van der Waals surface area contributed by atoms with Gasteiger partial charge in [-0.05, 0) is 50.3 Å². The summed E-state index contributed by atoms with van der Waals surface area (Å²) in [4.78, 5) is 16.0. The zero-order valence-corrected chi connectivity index (χ0v) is 20.4. The average molecular weight is 489 g/mol. The van der Waals surface area contributed by atoms with Crippen LogP contribution in [0.1, 0.15) is 63.5 Å². The maximum absolute atomic E-state index is 14.0. The molecule has 6 nitrogen and oxygen atoms in total. The van der Waals surface area contributed by atoms with E-state index in [1.165, 1.54) is 19.3 Å². The van der Waals surface area contributed by atoms with Gasteiger partial charge in [0.2, 0.25) is 0 Å². The van der Waals surface area contributed by atoms with Crippen LogP contribution in [0.5, 0.6) is 0 Å². The molecule has 0 spiro atoms. The fraction of sp³-hybridized carbons (Fsp3) is 0.520. The van der Waals surface area contributed by atoms with Crippen molar-refractivity contribution in [3.05, 3.63) is 57.3 Å². The van der Waals surface area contributed by atoms with Crippen molar-refractivity contribution >= 4 is 34.9 Å². The number of fused-ring (bicyclic) bond motifs is 1. The first kappa shape index (κ1) is 22.8. The molecule has 1 amide bonds. The molecule has 2 aliphatic heterocycles. The first-order valence-electron chi connectivity index (χ1n) is 11.9. The molecule has 1 aromatic heterocycles. The Balaban J connectivity index is 1.42. The minimum atomic E-state index is -0.376. The van der Waals surface area contributed by atoms with Gasteiger partial charge in [0.1, 0.15) is 11.9 Å². The molecular formula is C25H30Cl2N4O2. The standard InChI is InChI=1S/C25H30Cl2N4O2/c1-16-23(25(32)30-13-5-6-18(30)15-33-19-7-3-2-4-8-19)24(31-22(29-16)11-12-28-31)17-9-10-20(26)21(27)14-17/h9-12,14,18-19,24,29H,2-8,13,15H2,1H3. The first-order chi connectivity index (χ1) is 16.0. The molecule has 1 aliphatic carbocycles. The molecule has 1 saturated heterocycles. The molecule has 5 rings (SSSR count). The van der Waals surface area contributed by atoms with E-state index >= 15 is 0 Å². The number of aromatic nitrogens is 2. The molecule has 2 fully saturated rings. The van der Waals surface area contributed by atoms with E-state index in [1.54, 1.807) is 12.3 Å². The molecule has 3 aliphatic rings. The van der Waals surface area contributed by atoms with Crippen molar-refractivity contribution < 1.29 is 9.53 Å². The van der Waals surface area contributed by atoms with Gasteiger partial charge in [-0.1, -0.05) is 48.5 Å². The SMILES string of the molecule is CC1=C(C(=O)N2CCCC2COC2CCCCC2)C(c2ccc(Cl)c(Cl)c2)n2nccc2N1. The molecule has 2 atom stereocenters. The van der Waals surface area contributed by atoms with Crippen LogP contribution in [-0.2, 0) is 9.53 Å². The number of likely N-dealkylation sites (tertiary alicyclic amines) is 1. The minimum Gasteiger partial charge on any atom is -0.376 e. The van der Waals surface area contributed by atoms with Crippen LogP contribution in [0.2, 0.25) is 10.0 Å². The second-order valence-electron chi connectivity index (χ2n) is 9.29. The van der Waals surface area contributed by atoms with Crippen molar-refractivity contribution in [3.8, 4) is 0 Å². The van der Waals surface area contributed by atoms with Gasteiger partial charge in [-0.3, -0.25) is 4.79 Å². The van der Waals surface area contributed by atoms with E-state index in [0.29, 0.717) is 28.3 Å². The predicted molar refractivity (Wildman–Crippen MR) is 131 cm³/mol. The van der Waals surface area contributed by atoms with Gasteiger partial charge in [0, 0.05) is 18.3 Å². The lowest BCUT2D eigenvalue weighted by molar-refractivity contribution is -0.130. The Morgan fingerprint density at radius 3 is 2.73 bits per heavy atom. The normalized spacial score (nSPS) is 23.5. The largest absolute Gasteiger partial charge is 0.376 e. The second-order valence-corrected chi connectivity index (χ2v) is 10.1. The van der Waals surface area contributed by atoms with Crippen LogP contribution in [0.4, 0.5) is 5.82 Å². The fourth-order valence-corrected chi connectivity index (χ4v) is 5.69. The van der Waals surface area contributed by atoms with E-state index in [1.807, 2.05) is 34.7 Å². The third-order valence-corrected chi connectivity index (χ3v) is 7.85. The molecule has 33 heavy (non-hydrogen) atoms. The molecule has 3 heterocycles. The van der Waals surface area contributed by atoms with Crippen molar-refractivity contribution in [2.75, 3.05) is 18.5 Å². The average Bonchev–Trinajstić information content (AvgIpc) is 3.48. The van der Waals surface area contributed by atoms with Gasteiger partial charge in [-0.15, -0.1) is 0 Å². The summed E-state index contributed by atoms with van der Waals surface area (Å²) in [6.07, 6.45) is 10.1. The van der Waals surface area contributed by atoms with Crippen LogP contribution < -0.4 is 5.32 Å². The molecular weight excluding hydrogens is 459 g/mol. The molecule has 2 unspecified atom stereocenters. The molecule has 176 valence electrons. The minimum absolute atomic E-state index is 0.0342. The van der Waals surface area contributed by atoms with E-state index in [9.17, 15) is 4.79 Å². The number of carbonyl (C=O) groups excluding carboxylic acids is 1. The molecule has 1 aromatic carbocycles. The molecule has 1 saturated carbocycles. The maximum atomic E-state index is 14.0. The van der Waals surface area contributed by atoms with Gasteiger partial charge in [-0.25, -0.2) is 4.68 Å². The number of amides is 1. The van der Waals surface area contributed by atoms with Gasteiger partial charge in [0.25, 0.3) is 5.91 Å². The molecule has 8 heteroatoms. The Hall–Kier alpha value is -2.02.